The maximum Gasteiger partial charge on any atom is 0.291 e. The number of nitrogens with one attached hydrogen (secondary N) is 2. The third kappa shape index (κ3) is 5.20. The van der Waals surface area contributed by atoms with Crippen LogP contribution in [0.4, 0.5) is 11.4 Å². The van der Waals surface area contributed by atoms with Crippen LogP contribution in [0.3, 0.4) is 0 Å². The molecule has 4 rings (SSSR count). The standard InChI is InChI=1S/C26H26N4O3/c1-17(2)24-27-11-12-30(24)16-19-6-4-7-21(14-19)28-25(31)20-10-9-18(3)22(15-20)29-26(32)23-8-5-13-33-23/h4-15,17H,16H2,1-3H3,(H,28,31)(H,29,32). The molecule has 2 heterocycles. The Balaban J connectivity index is 1.47. The maximum absolute atomic E-state index is 12.9. The Kier molecular flexibility index (Phi) is 6.40. The fourth-order valence-electron chi connectivity index (χ4n) is 3.59. The molecule has 0 fully saturated rings. The van der Waals surface area contributed by atoms with Crippen LogP contribution in [0.5, 0.6) is 0 Å². The zero-order valence-corrected chi connectivity index (χ0v) is 18.8. The van der Waals surface area contributed by atoms with Gasteiger partial charge in [0.15, 0.2) is 5.76 Å². The number of anilines is 2. The number of carbonyl (C=O) groups is 2. The molecular formula is C26H26N4O3. The van der Waals surface area contributed by atoms with E-state index < -0.39 is 0 Å². The van der Waals surface area contributed by atoms with Gasteiger partial charge in [-0.3, -0.25) is 9.59 Å². The first kappa shape index (κ1) is 22.1. The zero-order chi connectivity index (χ0) is 23.4. The van der Waals surface area contributed by atoms with E-state index in [1.165, 1.54) is 6.26 Å². The Hall–Kier alpha value is -4.13. The predicted octanol–water partition coefficient (Wildman–Crippen LogP) is 5.46. The van der Waals surface area contributed by atoms with Crippen LogP contribution in [-0.2, 0) is 6.54 Å². The van der Waals surface area contributed by atoms with Gasteiger partial charge in [0.1, 0.15) is 5.82 Å². The summed E-state index contributed by atoms with van der Waals surface area (Å²) in [4.78, 5) is 29.7. The Morgan fingerprint density at radius 1 is 1.03 bits per heavy atom. The molecule has 2 amide bonds. The van der Waals surface area contributed by atoms with Gasteiger partial charge in [-0.15, -0.1) is 0 Å². The van der Waals surface area contributed by atoms with Gasteiger partial charge >= 0.3 is 0 Å². The number of aromatic nitrogens is 2. The third-order valence-corrected chi connectivity index (χ3v) is 5.29. The summed E-state index contributed by atoms with van der Waals surface area (Å²) >= 11 is 0. The Labute approximate surface area is 192 Å². The molecule has 0 aliphatic heterocycles. The van der Waals surface area contributed by atoms with Gasteiger partial charge in [0, 0.05) is 41.8 Å². The Bertz CT molecular complexity index is 1270. The van der Waals surface area contributed by atoms with E-state index in [1.54, 1.807) is 36.5 Å². The number of furan rings is 1. The van der Waals surface area contributed by atoms with E-state index in [1.807, 2.05) is 37.4 Å². The largest absolute Gasteiger partial charge is 0.459 e. The van der Waals surface area contributed by atoms with Gasteiger partial charge < -0.3 is 19.6 Å². The van der Waals surface area contributed by atoms with Crippen molar-refractivity contribution >= 4 is 23.2 Å². The number of nitrogens with zero attached hydrogens (tertiary/aromatic N) is 2. The Morgan fingerprint density at radius 3 is 2.64 bits per heavy atom. The molecule has 0 saturated carbocycles. The van der Waals surface area contributed by atoms with Gasteiger partial charge in [0.2, 0.25) is 0 Å². The van der Waals surface area contributed by atoms with Crippen LogP contribution >= 0.6 is 0 Å². The summed E-state index contributed by atoms with van der Waals surface area (Å²) in [6.45, 7) is 6.76. The monoisotopic (exact) mass is 442 g/mol. The minimum atomic E-state index is -0.367. The molecule has 0 aliphatic carbocycles. The first-order valence-electron chi connectivity index (χ1n) is 10.8. The smallest absolute Gasteiger partial charge is 0.291 e. The van der Waals surface area contributed by atoms with Gasteiger partial charge in [-0.2, -0.15) is 0 Å². The van der Waals surface area contributed by atoms with E-state index in [0.717, 1.165) is 17.0 Å². The van der Waals surface area contributed by atoms with Crippen molar-refractivity contribution in [2.75, 3.05) is 10.6 Å². The maximum atomic E-state index is 12.9. The quantitative estimate of drug-likeness (QED) is 0.398. The second-order valence-corrected chi connectivity index (χ2v) is 8.18. The van der Waals surface area contributed by atoms with Crippen molar-refractivity contribution < 1.29 is 14.0 Å². The first-order chi connectivity index (χ1) is 15.9. The van der Waals surface area contributed by atoms with Crippen molar-refractivity contribution in [1.29, 1.82) is 0 Å². The predicted molar refractivity (Wildman–Crippen MR) is 128 cm³/mol. The fourth-order valence-corrected chi connectivity index (χ4v) is 3.59. The van der Waals surface area contributed by atoms with Crippen LogP contribution in [0.1, 0.15) is 57.6 Å². The zero-order valence-electron chi connectivity index (χ0n) is 18.8. The SMILES string of the molecule is Cc1ccc(C(=O)Nc2cccc(Cn3ccnc3C(C)C)c2)cc1NC(=O)c1ccco1. The van der Waals surface area contributed by atoms with Gasteiger partial charge in [-0.25, -0.2) is 4.98 Å². The molecule has 7 nitrogen and oxygen atoms in total. The molecule has 2 N–H and O–H groups in total. The lowest BCUT2D eigenvalue weighted by Crippen LogP contribution is -2.15. The molecule has 0 spiro atoms. The van der Waals surface area contributed by atoms with E-state index in [-0.39, 0.29) is 17.6 Å². The minimum absolute atomic E-state index is 0.208. The molecular weight excluding hydrogens is 416 g/mol. The summed E-state index contributed by atoms with van der Waals surface area (Å²) in [6.07, 6.45) is 5.21. The molecule has 0 unspecified atom stereocenters. The molecule has 2 aromatic heterocycles. The summed E-state index contributed by atoms with van der Waals surface area (Å²) in [5.74, 6) is 0.930. The fraction of sp³-hybridized carbons (Fsp3) is 0.192. The van der Waals surface area contributed by atoms with Crippen molar-refractivity contribution in [2.45, 2.75) is 33.2 Å². The molecule has 33 heavy (non-hydrogen) atoms. The molecule has 0 bridgehead atoms. The highest BCUT2D eigenvalue weighted by atomic mass is 16.3. The average molecular weight is 443 g/mol. The second-order valence-electron chi connectivity index (χ2n) is 8.18. The number of carbonyl (C=O) groups excluding carboxylic acids is 2. The minimum Gasteiger partial charge on any atom is -0.459 e. The number of aryl methyl sites for hydroxylation is 1. The normalized spacial score (nSPS) is 10.9. The van der Waals surface area contributed by atoms with E-state index in [4.69, 9.17) is 4.42 Å². The summed E-state index contributed by atoms with van der Waals surface area (Å²) < 4.78 is 7.25. The molecule has 7 heteroatoms. The average Bonchev–Trinajstić information content (AvgIpc) is 3.48. The lowest BCUT2D eigenvalue weighted by molar-refractivity contribution is 0.0993. The molecule has 0 aliphatic rings. The van der Waals surface area contributed by atoms with Gasteiger partial charge in [-0.1, -0.05) is 32.0 Å². The summed E-state index contributed by atoms with van der Waals surface area (Å²) in [6, 6.07) is 16.2. The van der Waals surface area contributed by atoms with Crippen LogP contribution in [-0.4, -0.2) is 21.4 Å². The van der Waals surface area contributed by atoms with E-state index in [9.17, 15) is 9.59 Å². The second kappa shape index (κ2) is 9.56. The highest BCUT2D eigenvalue weighted by Gasteiger charge is 2.14. The van der Waals surface area contributed by atoms with Crippen molar-refractivity contribution in [1.82, 2.24) is 9.55 Å². The van der Waals surface area contributed by atoms with E-state index in [2.05, 4.69) is 34.0 Å². The van der Waals surface area contributed by atoms with E-state index in [0.29, 0.717) is 29.4 Å². The van der Waals surface area contributed by atoms with E-state index >= 15 is 0 Å². The molecule has 4 aromatic rings. The third-order valence-electron chi connectivity index (χ3n) is 5.29. The number of benzene rings is 2. The molecule has 0 atom stereocenters. The highest BCUT2D eigenvalue weighted by molar-refractivity contribution is 6.07. The van der Waals surface area contributed by atoms with Gasteiger partial charge in [0.05, 0.1) is 6.26 Å². The number of hydrogen-bond acceptors (Lipinski definition) is 4. The summed E-state index contributed by atoms with van der Waals surface area (Å²) in [5.41, 5.74) is 3.60. The van der Waals surface area contributed by atoms with Crippen LogP contribution in [0.15, 0.2) is 77.7 Å². The van der Waals surface area contributed by atoms with Crippen LogP contribution in [0.2, 0.25) is 0 Å². The highest BCUT2D eigenvalue weighted by Crippen LogP contribution is 2.21. The Morgan fingerprint density at radius 2 is 1.88 bits per heavy atom. The van der Waals surface area contributed by atoms with Crippen molar-refractivity contribution in [3.05, 3.63) is 102 Å². The summed E-state index contributed by atoms with van der Waals surface area (Å²) in [7, 11) is 0. The van der Waals surface area contributed by atoms with Crippen molar-refractivity contribution in [2.24, 2.45) is 0 Å². The van der Waals surface area contributed by atoms with Crippen LogP contribution in [0, 0.1) is 6.92 Å². The van der Waals surface area contributed by atoms with Crippen molar-refractivity contribution in [3.8, 4) is 0 Å². The number of imidazole rings is 1. The van der Waals surface area contributed by atoms with Crippen LogP contribution in [0.25, 0.3) is 0 Å². The van der Waals surface area contributed by atoms with Crippen LogP contribution < -0.4 is 10.6 Å². The molecule has 2 aromatic carbocycles. The topological polar surface area (TPSA) is 89.2 Å². The molecule has 0 radical (unpaired) electrons. The van der Waals surface area contributed by atoms with Gasteiger partial charge in [0.25, 0.3) is 11.8 Å². The van der Waals surface area contributed by atoms with Crippen molar-refractivity contribution in [3.63, 3.8) is 0 Å². The van der Waals surface area contributed by atoms with Gasteiger partial charge in [-0.05, 0) is 54.4 Å². The number of amides is 2. The first-order valence-corrected chi connectivity index (χ1v) is 10.8. The summed E-state index contributed by atoms with van der Waals surface area (Å²) in [5, 5.41) is 5.75. The lowest BCUT2D eigenvalue weighted by atomic mass is 10.1. The molecule has 0 saturated heterocycles. The number of hydrogen-bond donors (Lipinski definition) is 2. The lowest BCUT2D eigenvalue weighted by Gasteiger charge is -2.13. The number of rotatable bonds is 7. The molecule has 168 valence electrons.